The lowest BCUT2D eigenvalue weighted by Gasteiger charge is -2.12. The van der Waals surface area contributed by atoms with Gasteiger partial charge in [0.2, 0.25) is 0 Å². The fourth-order valence-electron chi connectivity index (χ4n) is 1.51. The summed E-state index contributed by atoms with van der Waals surface area (Å²) in [6.45, 7) is 4.00. The van der Waals surface area contributed by atoms with Crippen molar-refractivity contribution in [2.75, 3.05) is 5.73 Å². The molecule has 17 heavy (non-hydrogen) atoms. The van der Waals surface area contributed by atoms with Crippen molar-refractivity contribution in [1.82, 2.24) is 0 Å². The summed E-state index contributed by atoms with van der Waals surface area (Å²) in [5.74, 6) is -0.738. The lowest BCUT2D eigenvalue weighted by atomic mass is 10.2. The van der Waals surface area contributed by atoms with E-state index in [2.05, 4.69) is 6.92 Å². The van der Waals surface area contributed by atoms with Gasteiger partial charge in [0, 0.05) is 10.6 Å². The zero-order valence-corrected chi connectivity index (χ0v) is 11.1. The molecule has 0 bridgehead atoms. The SMILES string of the molecule is CCCCC(Sc1ccc(N)c(C)c1)C(=O)O. The highest BCUT2D eigenvalue weighted by Gasteiger charge is 2.18. The fraction of sp³-hybridized carbons (Fsp3) is 0.462. The Morgan fingerprint density at radius 2 is 2.24 bits per heavy atom. The highest BCUT2D eigenvalue weighted by atomic mass is 32.2. The van der Waals surface area contributed by atoms with Gasteiger partial charge in [0.1, 0.15) is 5.25 Å². The van der Waals surface area contributed by atoms with Gasteiger partial charge in [0.25, 0.3) is 0 Å². The summed E-state index contributed by atoms with van der Waals surface area (Å²) in [7, 11) is 0. The van der Waals surface area contributed by atoms with Crippen LogP contribution in [0.3, 0.4) is 0 Å². The van der Waals surface area contributed by atoms with Crippen molar-refractivity contribution in [3.8, 4) is 0 Å². The lowest BCUT2D eigenvalue weighted by molar-refractivity contribution is -0.136. The van der Waals surface area contributed by atoms with Crippen molar-refractivity contribution in [2.24, 2.45) is 0 Å². The number of anilines is 1. The first-order valence-corrected chi connectivity index (χ1v) is 6.68. The van der Waals surface area contributed by atoms with Crippen LogP contribution in [0, 0.1) is 6.92 Å². The maximum Gasteiger partial charge on any atom is 0.316 e. The molecule has 0 saturated carbocycles. The Hall–Kier alpha value is -1.16. The van der Waals surface area contributed by atoms with E-state index in [9.17, 15) is 4.79 Å². The molecule has 0 spiro atoms. The van der Waals surface area contributed by atoms with Crippen molar-refractivity contribution in [3.63, 3.8) is 0 Å². The maximum absolute atomic E-state index is 11.1. The largest absolute Gasteiger partial charge is 0.480 e. The Morgan fingerprint density at radius 3 is 2.76 bits per heavy atom. The second kappa shape index (κ2) is 6.55. The summed E-state index contributed by atoms with van der Waals surface area (Å²) in [6, 6.07) is 5.66. The molecule has 0 aromatic heterocycles. The van der Waals surface area contributed by atoms with Crippen LogP contribution >= 0.6 is 11.8 Å². The fourth-order valence-corrected chi connectivity index (χ4v) is 2.61. The van der Waals surface area contributed by atoms with Gasteiger partial charge < -0.3 is 10.8 Å². The van der Waals surface area contributed by atoms with Crippen LogP contribution in [0.4, 0.5) is 5.69 Å². The van der Waals surface area contributed by atoms with E-state index in [4.69, 9.17) is 10.8 Å². The molecule has 1 rings (SSSR count). The molecule has 0 radical (unpaired) electrons. The summed E-state index contributed by atoms with van der Waals surface area (Å²) in [5, 5.41) is 8.78. The molecule has 0 fully saturated rings. The minimum Gasteiger partial charge on any atom is -0.480 e. The van der Waals surface area contributed by atoms with E-state index in [1.165, 1.54) is 11.8 Å². The molecule has 3 N–H and O–H groups in total. The highest BCUT2D eigenvalue weighted by Crippen LogP contribution is 2.29. The number of carbonyl (C=O) groups is 1. The normalized spacial score (nSPS) is 12.4. The quantitative estimate of drug-likeness (QED) is 0.603. The molecule has 1 aromatic carbocycles. The molecule has 0 heterocycles. The van der Waals surface area contributed by atoms with Crippen LogP contribution < -0.4 is 5.73 Å². The molecular weight excluding hydrogens is 234 g/mol. The summed E-state index contributed by atoms with van der Waals surface area (Å²) in [5.41, 5.74) is 7.47. The van der Waals surface area contributed by atoms with E-state index >= 15 is 0 Å². The van der Waals surface area contributed by atoms with Gasteiger partial charge in [-0.3, -0.25) is 4.79 Å². The third kappa shape index (κ3) is 4.30. The molecule has 4 heteroatoms. The molecule has 3 nitrogen and oxygen atoms in total. The van der Waals surface area contributed by atoms with Crippen LogP contribution in [-0.2, 0) is 4.79 Å². The van der Waals surface area contributed by atoms with E-state index in [0.717, 1.165) is 29.0 Å². The zero-order valence-electron chi connectivity index (χ0n) is 10.3. The van der Waals surface area contributed by atoms with Crippen LogP contribution in [-0.4, -0.2) is 16.3 Å². The molecule has 1 atom stereocenters. The molecule has 0 aliphatic carbocycles. The average molecular weight is 253 g/mol. The van der Waals surface area contributed by atoms with Gasteiger partial charge in [-0.15, -0.1) is 11.8 Å². The van der Waals surface area contributed by atoms with Crippen LogP contribution in [0.15, 0.2) is 23.1 Å². The molecule has 0 aliphatic rings. The Labute approximate surface area is 106 Å². The Kier molecular flexibility index (Phi) is 5.35. The summed E-state index contributed by atoms with van der Waals surface area (Å²) >= 11 is 1.40. The number of aliphatic carboxylic acids is 1. The van der Waals surface area contributed by atoms with Crippen LogP contribution in [0.1, 0.15) is 31.7 Å². The summed E-state index contributed by atoms with van der Waals surface area (Å²) in [4.78, 5) is 12.1. The lowest BCUT2D eigenvalue weighted by Crippen LogP contribution is -2.15. The summed E-state index contributed by atoms with van der Waals surface area (Å²) in [6.07, 6.45) is 2.67. The average Bonchev–Trinajstić information content (AvgIpc) is 2.28. The standard InChI is InChI=1S/C13H19NO2S/c1-3-4-5-12(13(15)16)17-10-6-7-11(14)9(2)8-10/h6-8,12H,3-5,14H2,1-2H3,(H,15,16). The molecule has 1 aromatic rings. The number of benzene rings is 1. The van der Waals surface area contributed by atoms with Gasteiger partial charge >= 0.3 is 5.97 Å². The number of nitrogen functional groups attached to an aromatic ring is 1. The molecule has 94 valence electrons. The van der Waals surface area contributed by atoms with Crippen LogP contribution in [0.2, 0.25) is 0 Å². The van der Waals surface area contributed by atoms with Gasteiger partial charge in [-0.05, 0) is 37.1 Å². The maximum atomic E-state index is 11.1. The molecule has 0 aliphatic heterocycles. The third-order valence-corrected chi connectivity index (χ3v) is 3.86. The van der Waals surface area contributed by atoms with E-state index in [0.29, 0.717) is 6.42 Å². The van der Waals surface area contributed by atoms with Crippen LogP contribution in [0.25, 0.3) is 0 Å². The van der Waals surface area contributed by atoms with E-state index in [-0.39, 0.29) is 5.25 Å². The van der Waals surface area contributed by atoms with E-state index in [1.54, 1.807) is 0 Å². The minimum atomic E-state index is -0.738. The third-order valence-electron chi connectivity index (χ3n) is 2.61. The first-order valence-electron chi connectivity index (χ1n) is 5.80. The Morgan fingerprint density at radius 1 is 1.53 bits per heavy atom. The number of hydrogen-bond donors (Lipinski definition) is 2. The van der Waals surface area contributed by atoms with Gasteiger partial charge in [-0.2, -0.15) is 0 Å². The predicted molar refractivity (Wildman–Crippen MR) is 72.4 cm³/mol. The Balaban J connectivity index is 2.71. The van der Waals surface area contributed by atoms with E-state index in [1.807, 2.05) is 25.1 Å². The number of rotatable bonds is 6. The Bertz CT molecular complexity index is 393. The van der Waals surface area contributed by atoms with E-state index < -0.39 is 5.97 Å². The van der Waals surface area contributed by atoms with Crippen molar-refractivity contribution in [1.29, 1.82) is 0 Å². The van der Waals surface area contributed by atoms with Gasteiger partial charge in [0.05, 0.1) is 0 Å². The second-order valence-corrected chi connectivity index (χ2v) is 5.38. The van der Waals surface area contributed by atoms with Gasteiger partial charge in [0.15, 0.2) is 0 Å². The first kappa shape index (κ1) is 13.9. The molecule has 1 unspecified atom stereocenters. The summed E-state index contributed by atoms with van der Waals surface area (Å²) < 4.78 is 0. The smallest absolute Gasteiger partial charge is 0.316 e. The number of aryl methyl sites for hydroxylation is 1. The number of nitrogens with two attached hydrogens (primary N) is 1. The minimum absolute atomic E-state index is 0.363. The monoisotopic (exact) mass is 253 g/mol. The number of hydrogen-bond acceptors (Lipinski definition) is 3. The molecule has 0 amide bonds. The van der Waals surface area contributed by atoms with Crippen LogP contribution in [0.5, 0.6) is 0 Å². The molecule has 0 saturated heterocycles. The van der Waals surface area contributed by atoms with Crippen molar-refractivity contribution in [2.45, 2.75) is 43.3 Å². The topological polar surface area (TPSA) is 63.3 Å². The van der Waals surface area contributed by atoms with Crippen molar-refractivity contribution >= 4 is 23.4 Å². The zero-order chi connectivity index (χ0) is 12.8. The van der Waals surface area contributed by atoms with Crippen molar-refractivity contribution < 1.29 is 9.90 Å². The number of thioether (sulfide) groups is 1. The van der Waals surface area contributed by atoms with Gasteiger partial charge in [-0.25, -0.2) is 0 Å². The van der Waals surface area contributed by atoms with Gasteiger partial charge in [-0.1, -0.05) is 19.8 Å². The number of unbranched alkanes of at least 4 members (excludes halogenated alkanes) is 1. The highest BCUT2D eigenvalue weighted by molar-refractivity contribution is 8.00. The number of carboxylic acids is 1. The van der Waals surface area contributed by atoms with Crippen molar-refractivity contribution in [3.05, 3.63) is 23.8 Å². The predicted octanol–water partition coefficient (Wildman–Crippen LogP) is 3.31. The first-order chi connectivity index (χ1) is 8.04. The molecular formula is C13H19NO2S. The number of carboxylic acid groups (broad SMARTS) is 1. The second-order valence-electron chi connectivity index (χ2n) is 4.11.